The van der Waals surface area contributed by atoms with E-state index in [0.29, 0.717) is 6.54 Å². The van der Waals surface area contributed by atoms with E-state index in [1.54, 1.807) is 19.1 Å². The van der Waals surface area contributed by atoms with Gasteiger partial charge in [-0.1, -0.05) is 6.07 Å². The van der Waals surface area contributed by atoms with E-state index in [-0.39, 0.29) is 17.5 Å². The van der Waals surface area contributed by atoms with Crippen molar-refractivity contribution in [3.8, 4) is 11.5 Å². The van der Waals surface area contributed by atoms with Crippen LogP contribution in [-0.4, -0.2) is 22.9 Å². The van der Waals surface area contributed by atoms with Gasteiger partial charge >= 0.3 is 0 Å². The lowest BCUT2D eigenvalue weighted by molar-refractivity contribution is 0.391. The third-order valence-corrected chi connectivity index (χ3v) is 2.51. The summed E-state index contributed by atoms with van der Waals surface area (Å²) in [6.45, 7) is 1.68. The van der Waals surface area contributed by atoms with Gasteiger partial charge in [0.1, 0.15) is 12.5 Å². The summed E-state index contributed by atoms with van der Waals surface area (Å²) in [5, 5.41) is 10.1. The molecule has 1 aromatic carbocycles. The lowest BCUT2D eigenvalue weighted by Crippen LogP contribution is -2.27. The topological polar surface area (TPSA) is 51.0 Å². The highest BCUT2D eigenvalue weighted by molar-refractivity contribution is 5.54. The zero-order chi connectivity index (χ0) is 13.0. The van der Waals surface area contributed by atoms with Crippen LogP contribution in [0.1, 0.15) is 12.5 Å². The van der Waals surface area contributed by atoms with Crippen molar-refractivity contribution < 1.29 is 13.2 Å². The second-order valence-corrected chi connectivity index (χ2v) is 3.99. The molecule has 0 saturated carbocycles. The molecule has 0 amide bonds. The van der Waals surface area contributed by atoms with Crippen molar-refractivity contribution in [1.82, 2.24) is 15.5 Å². The highest BCUT2D eigenvalue weighted by Crippen LogP contribution is 2.21. The molecule has 0 fully saturated rings. The Morgan fingerprint density at radius 1 is 1.44 bits per heavy atom. The fraction of sp³-hybridized carbons (Fsp3) is 0.333. The van der Waals surface area contributed by atoms with Crippen LogP contribution in [0.4, 0.5) is 8.78 Å². The first-order chi connectivity index (χ1) is 8.70. The molecule has 0 bridgehead atoms. The van der Waals surface area contributed by atoms with Gasteiger partial charge in [-0.15, -0.1) is 10.2 Å². The maximum atomic E-state index is 13.8. The van der Waals surface area contributed by atoms with Gasteiger partial charge in [0.2, 0.25) is 12.3 Å². The molecule has 1 aromatic heterocycles. The minimum atomic E-state index is -0.456. The lowest BCUT2D eigenvalue weighted by Gasteiger charge is -2.10. The number of rotatable bonds is 5. The van der Waals surface area contributed by atoms with Crippen LogP contribution in [0.2, 0.25) is 0 Å². The summed E-state index contributed by atoms with van der Waals surface area (Å²) in [6, 6.07) is 4.43. The Morgan fingerprint density at radius 2 is 2.28 bits per heavy atom. The molecule has 2 aromatic rings. The smallest absolute Gasteiger partial charge is 0.250 e. The van der Waals surface area contributed by atoms with E-state index in [1.807, 2.05) is 0 Å². The van der Waals surface area contributed by atoms with Crippen molar-refractivity contribution in [1.29, 1.82) is 0 Å². The minimum absolute atomic E-state index is 0.143. The summed E-state index contributed by atoms with van der Waals surface area (Å²) >= 11 is 0. The van der Waals surface area contributed by atoms with Gasteiger partial charge in [-0.05, 0) is 24.6 Å². The predicted octanol–water partition coefficient (Wildman–Crippen LogP) is 2.32. The third kappa shape index (κ3) is 2.89. The summed E-state index contributed by atoms with van der Waals surface area (Å²) in [5.74, 6) is -0.296. The molecule has 6 heteroatoms. The van der Waals surface area contributed by atoms with Gasteiger partial charge in [0.05, 0.1) is 5.56 Å². The number of aromatic nitrogens is 2. The minimum Gasteiger partial charge on any atom is -0.423 e. The molecule has 1 N–H and O–H groups in total. The van der Waals surface area contributed by atoms with E-state index in [0.717, 1.165) is 12.0 Å². The van der Waals surface area contributed by atoms with Crippen LogP contribution in [0.5, 0.6) is 0 Å². The average molecular weight is 253 g/mol. The van der Waals surface area contributed by atoms with E-state index < -0.39 is 12.5 Å². The fourth-order valence-electron chi connectivity index (χ4n) is 1.48. The summed E-state index contributed by atoms with van der Waals surface area (Å²) in [4.78, 5) is 0. The molecule has 0 aliphatic carbocycles. The molecule has 96 valence electrons. The van der Waals surface area contributed by atoms with E-state index in [2.05, 4.69) is 15.5 Å². The first-order valence-corrected chi connectivity index (χ1v) is 5.55. The Labute approximate surface area is 103 Å². The molecule has 4 nitrogen and oxygen atoms in total. The first kappa shape index (κ1) is 12.6. The molecule has 0 aliphatic heterocycles. The number of hydrogen-bond acceptors (Lipinski definition) is 4. The van der Waals surface area contributed by atoms with Crippen molar-refractivity contribution >= 4 is 0 Å². The van der Waals surface area contributed by atoms with Crippen molar-refractivity contribution in [2.45, 2.75) is 19.5 Å². The van der Waals surface area contributed by atoms with Crippen LogP contribution in [-0.2, 0) is 6.54 Å². The molecule has 0 radical (unpaired) electrons. The Hall–Kier alpha value is -1.82. The number of benzene rings is 1. The molecule has 18 heavy (non-hydrogen) atoms. The molecule has 0 saturated heterocycles. The fourth-order valence-corrected chi connectivity index (χ4v) is 1.48. The molecule has 0 aliphatic rings. The molecular weight excluding hydrogens is 240 g/mol. The van der Waals surface area contributed by atoms with Crippen LogP contribution in [0.3, 0.4) is 0 Å². The number of alkyl halides is 1. The van der Waals surface area contributed by atoms with Crippen LogP contribution in [0, 0.1) is 5.82 Å². The molecule has 1 atom stereocenters. The third-order valence-electron chi connectivity index (χ3n) is 2.51. The molecular formula is C12H13F2N3O. The average Bonchev–Trinajstić information content (AvgIpc) is 2.89. The van der Waals surface area contributed by atoms with Crippen molar-refractivity contribution in [2.75, 3.05) is 6.67 Å². The standard InChI is InChI=1S/C12H13F2N3O/c1-8(5-13)15-6-9-2-3-10(11(14)4-9)12-17-16-7-18-12/h2-4,7-8,15H,5-6H2,1H3. The van der Waals surface area contributed by atoms with Gasteiger partial charge in [0, 0.05) is 12.6 Å². The highest BCUT2D eigenvalue weighted by atomic mass is 19.1. The number of hydrogen-bond donors (Lipinski definition) is 1. The monoisotopic (exact) mass is 253 g/mol. The van der Waals surface area contributed by atoms with Gasteiger partial charge in [-0.3, -0.25) is 0 Å². The Balaban J connectivity index is 2.10. The van der Waals surface area contributed by atoms with Gasteiger partial charge in [0.25, 0.3) is 0 Å². The van der Waals surface area contributed by atoms with E-state index >= 15 is 0 Å². The predicted molar refractivity (Wildman–Crippen MR) is 62.0 cm³/mol. The molecule has 2 rings (SSSR count). The van der Waals surface area contributed by atoms with Crippen LogP contribution >= 0.6 is 0 Å². The number of nitrogens with one attached hydrogen (secondary N) is 1. The first-order valence-electron chi connectivity index (χ1n) is 5.55. The normalized spacial score (nSPS) is 12.6. The Bertz CT molecular complexity index is 502. The number of halogens is 2. The summed E-state index contributed by atoms with van der Waals surface area (Å²) in [6.07, 6.45) is 1.15. The van der Waals surface area contributed by atoms with Gasteiger partial charge in [-0.2, -0.15) is 0 Å². The summed E-state index contributed by atoms with van der Waals surface area (Å²) < 4.78 is 31.0. The second kappa shape index (κ2) is 5.68. The quantitative estimate of drug-likeness (QED) is 0.888. The van der Waals surface area contributed by atoms with E-state index in [1.165, 1.54) is 6.07 Å². The van der Waals surface area contributed by atoms with Crippen molar-refractivity contribution in [3.05, 3.63) is 36.0 Å². The van der Waals surface area contributed by atoms with Gasteiger partial charge < -0.3 is 9.73 Å². The highest BCUT2D eigenvalue weighted by Gasteiger charge is 2.10. The lowest BCUT2D eigenvalue weighted by atomic mass is 10.1. The zero-order valence-electron chi connectivity index (χ0n) is 9.86. The Kier molecular flexibility index (Phi) is 3.99. The van der Waals surface area contributed by atoms with Crippen LogP contribution in [0.15, 0.2) is 29.0 Å². The largest absolute Gasteiger partial charge is 0.423 e. The summed E-state index contributed by atoms with van der Waals surface area (Å²) in [7, 11) is 0. The molecule has 0 spiro atoms. The SMILES string of the molecule is CC(CF)NCc1ccc(-c2nnco2)c(F)c1. The van der Waals surface area contributed by atoms with Gasteiger partial charge in [-0.25, -0.2) is 8.78 Å². The maximum absolute atomic E-state index is 13.8. The number of nitrogens with zero attached hydrogens (tertiary/aromatic N) is 2. The summed E-state index contributed by atoms with van der Waals surface area (Å²) in [5.41, 5.74) is 0.992. The van der Waals surface area contributed by atoms with E-state index in [9.17, 15) is 8.78 Å². The Morgan fingerprint density at radius 3 is 2.89 bits per heavy atom. The maximum Gasteiger partial charge on any atom is 0.250 e. The molecule has 1 heterocycles. The second-order valence-electron chi connectivity index (χ2n) is 3.99. The molecule has 1 unspecified atom stereocenters. The van der Waals surface area contributed by atoms with Crippen LogP contribution in [0.25, 0.3) is 11.5 Å². The van der Waals surface area contributed by atoms with E-state index in [4.69, 9.17) is 4.42 Å². The van der Waals surface area contributed by atoms with Crippen LogP contribution < -0.4 is 5.32 Å². The van der Waals surface area contributed by atoms with Gasteiger partial charge in [0.15, 0.2) is 0 Å². The zero-order valence-corrected chi connectivity index (χ0v) is 9.86. The van der Waals surface area contributed by atoms with Crippen molar-refractivity contribution in [2.24, 2.45) is 0 Å². The van der Waals surface area contributed by atoms with Crippen molar-refractivity contribution in [3.63, 3.8) is 0 Å².